The highest BCUT2D eigenvalue weighted by molar-refractivity contribution is 7.53. The van der Waals surface area contributed by atoms with Gasteiger partial charge in [0, 0.05) is 11.6 Å². The molecule has 2 aromatic heterocycles. The Balaban J connectivity index is 1.55. The van der Waals surface area contributed by atoms with Crippen LogP contribution < -0.4 is 5.32 Å². The molecule has 7 N–H and O–H groups in total. The highest BCUT2D eigenvalue weighted by atomic mass is 35.5. The molecule has 0 unspecified atom stereocenters. The van der Waals surface area contributed by atoms with Gasteiger partial charge in [-0.1, -0.05) is 23.7 Å². The largest absolute Gasteiger partial charge is 0.393 e. The maximum Gasteiger partial charge on any atom is 0.361 e. The van der Waals surface area contributed by atoms with Crippen LogP contribution in [0.25, 0.3) is 11.0 Å². The number of hydrogen-bond acceptors (Lipinski definition) is 11. The Labute approximate surface area is 219 Å². The third-order valence-electron chi connectivity index (χ3n) is 5.92. The summed E-state index contributed by atoms with van der Waals surface area (Å²) in [6.07, 6.45) is -4.30. The molecule has 1 fully saturated rings. The number of anilines is 1. The van der Waals surface area contributed by atoms with Crippen molar-refractivity contribution in [3.05, 3.63) is 46.3 Å². The topological polar surface area (TPSA) is 213 Å². The number of nitrogens with zero attached hydrogens (tertiary/aromatic N) is 4. The van der Waals surface area contributed by atoms with Gasteiger partial charge in [0.1, 0.15) is 24.1 Å². The summed E-state index contributed by atoms with van der Waals surface area (Å²) in [5, 5.41) is 45.6. The lowest BCUT2D eigenvalue weighted by atomic mass is 10.1. The van der Waals surface area contributed by atoms with Crippen LogP contribution in [0.3, 0.4) is 0 Å². The summed E-state index contributed by atoms with van der Waals surface area (Å²) in [6, 6.07) is 7.16. The predicted octanol–water partition coefficient (Wildman–Crippen LogP) is 0.240. The summed E-state index contributed by atoms with van der Waals surface area (Å²) in [5.74, 6) is 0.349. The van der Waals surface area contributed by atoms with Crippen molar-refractivity contribution in [1.29, 1.82) is 0 Å². The Hall–Kier alpha value is -1.94. The molecule has 4 atom stereocenters. The Bertz CT molecular complexity index is 1290. The number of hydrogen-bond donors (Lipinski definition) is 7. The summed E-state index contributed by atoms with van der Waals surface area (Å²) < 4.78 is 23.7. The van der Waals surface area contributed by atoms with Gasteiger partial charge < -0.3 is 45.0 Å². The first-order valence-electron chi connectivity index (χ1n) is 10.8. The normalized spacial score (nSPS) is 22.6. The van der Waals surface area contributed by atoms with E-state index in [9.17, 15) is 34.8 Å². The first-order chi connectivity index (χ1) is 17.5. The van der Waals surface area contributed by atoms with E-state index < -0.39 is 57.3 Å². The van der Waals surface area contributed by atoms with E-state index in [0.29, 0.717) is 22.8 Å². The Kier molecular flexibility index (Phi) is 8.38. The second-order valence-corrected chi connectivity index (χ2v) is 11.0. The number of fused-ring (bicyclic) bond motifs is 1. The molecule has 202 valence electrons. The zero-order valence-corrected chi connectivity index (χ0v) is 21.3. The average molecular weight is 580 g/mol. The molecule has 0 bridgehead atoms. The summed E-state index contributed by atoms with van der Waals surface area (Å²) >= 11 is 12.0. The van der Waals surface area contributed by atoms with Crippen LogP contribution in [0.4, 0.5) is 5.82 Å². The lowest BCUT2D eigenvalue weighted by Crippen LogP contribution is -2.44. The highest BCUT2D eigenvalue weighted by Gasteiger charge is 2.51. The van der Waals surface area contributed by atoms with Gasteiger partial charge in [-0.25, -0.2) is 4.68 Å². The van der Waals surface area contributed by atoms with Gasteiger partial charge in [0.2, 0.25) is 10.6 Å². The Morgan fingerprint density at radius 2 is 1.78 bits per heavy atom. The molecule has 0 aliphatic carbocycles. The maximum absolute atomic E-state index is 11.7. The SMILES string of the molecule is O=P(O)(O)C(CO)(CO)OC[C@H]1O[C@@H](n2ncc3c(NCc4ccc(Cl)cc4)nc(Cl)nc32)[C@H](O)[C@@H]1O. The van der Waals surface area contributed by atoms with Crippen LogP contribution in [-0.4, -0.2) is 93.4 Å². The zero-order chi connectivity index (χ0) is 27.0. The van der Waals surface area contributed by atoms with E-state index in [-0.39, 0.29) is 10.9 Å². The van der Waals surface area contributed by atoms with Crippen molar-refractivity contribution in [3.8, 4) is 0 Å². The van der Waals surface area contributed by atoms with Crippen molar-refractivity contribution < 1.29 is 44.3 Å². The third kappa shape index (κ3) is 5.60. The molecule has 3 heterocycles. The van der Waals surface area contributed by atoms with Gasteiger partial charge in [-0.2, -0.15) is 15.1 Å². The Morgan fingerprint density at radius 1 is 1.11 bits per heavy atom. The number of halogens is 2. The van der Waals surface area contributed by atoms with Crippen molar-refractivity contribution in [2.45, 2.75) is 36.4 Å². The summed E-state index contributed by atoms with van der Waals surface area (Å²) in [7, 11) is -5.12. The van der Waals surface area contributed by atoms with E-state index in [1.54, 1.807) is 12.1 Å². The second kappa shape index (κ2) is 11.0. The molecule has 0 radical (unpaired) electrons. The molecule has 17 heteroatoms. The molecular formula is C20H24Cl2N5O9P. The van der Waals surface area contributed by atoms with Crippen molar-refractivity contribution in [2.75, 3.05) is 25.1 Å². The van der Waals surface area contributed by atoms with Gasteiger partial charge in [0.05, 0.1) is 31.4 Å². The van der Waals surface area contributed by atoms with Crippen molar-refractivity contribution in [3.63, 3.8) is 0 Å². The number of aromatic nitrogens is 4. The van der Waals surface area contributed by atoms with Crippen LogP contribution in [-0.2, 0) is 20.6 Å². The van der Waals surface area contributed by atoms with Gasteiger partial charge in [-0.3, -0.25) is 4.57 Å². The molecule has 1 aliphatic heterocycles. The van der Waals surface area contributed by atoms with E-state index in [1.165, 1.54) is 10.9 Å². The number of rotatable bonds is 10. The van der Waals surface area contributed by atoms with E-state index in [1.807, 2.05) is 12.1 Å². The molecule has 1 aliphatic rings. The lowest BCUT2D eigenvalue weighted by molar-refractivity contribution is -0.121. The first-order valence-corrected chi connectivity index (χ1v) is 13.2. The number of ether oxygens (including phenoxy) is 2. The van der Waals surface area contributed by atoms with Crippen molar-refractivity contribution in [1.82, 2.24) is 19.7 Å². The van der Waals surface area contributed by atoms with Gasteiger partial charge in [-0.05, 0) is 29.3 Å². The summed E-state index contributed by atoms with van der Waals surface area (Å²) in [5.41, 5.74) is 1.09. The molecule has 4 rings (SSSR count). The maximum atomic E-state index is 11.7. The summed E-state index contributed by atoms with van der Waals surface area (Å²) in [6.45, 7) is -2.70. The highest BCUT2D eigenvalue weighted by Crippen LogP contribution is 2.51. The lowest BCUT2D eigenvalue weighted by Gasteiger charge is -2.31. The molecule has 3 aromatic rings. The third-order valence-corrected chi connectivity index (χ3v) is 7.81. The molecule has 0 spiro atoms. The zero-order valence-electron chi connectivity index (χ0n) is 18.9. The molecule has 1 saturated heterocycles. The molecular weight excluding hydrogens is 556 g/mol. The quantitative estimate of drug-likeness (QED) is 0.127. The predicted molar refractivity (Wildman–Crippen MR) is 130 cm³/mol. The second-order valence-electron chi connectivity index (χ2n) is 8.31. The minimum Gasteiger partial charge on any atom is -0.393 e. The van der Waals surface area contributed by atoms with E-state index >= 15 is 0 Å². The average Bonchev–Trinajstić information content (AvgIpc) is 3.39. The molecule has 1 aromatic carbocycles. The van der Waals surface area contributed by atoms with Crippen LogP contribution in [0.1, 0.15) is 11.8 Å². The van der Waals surface area contributed by atoms with Crippen LogP contribution >= 0.6 is 30.8 Å². The fourth-order valence-electron chi connectivity index (χ4n) is 3.72. The van der Waals surface area contributed by atoms with Crippen LogP contribution in [0.2, 0.25) is 10.3 Å². The van der Waals surface area contributed by atoms with Gasteiger partial charge in [0.15, 0.2) is 11.9 Å². The van der Waals surface area contributed by atoms with Gasteiger partial charge in [0.25, 0.3) is 0 Å². The van der Waals surface area contributed by atoms with Crippen LogP contribution in [0.5, 0.6) is 0 Å². The monoisotopic (exact) mass is 579 g/mol. The Morgan fingerprint density at radius 3 is 2.41 bits per heavy atom. The standard InChI is InChI=1S/C20H24Cl2N5O9P/c21-11-3-1-10(2-4-11)5-23-16-12-6-24-27(17(12)26-19(22)25-16)18-15(31)14(30)13(36-18)7-35-20(8-28,9-29)37(32,33)34/h1-4,6,13-15,18,28-31H,5,7-9H2,(H,23,25,26)(H2,32,33,34)/t13-,14-,15-,18-/m1/s1. The molecule has 0 saturated carbocycles. The van der Waals surface area contributed by atoms with Crippen molar-refractivity contribution in [2.24, 2.45) is 0 Å². The van der Waals surface area contributed by atoms with Crippen LogP contribution in [0.15, 0.2) is 30.5 Å². The van der Waals surface area contributed by atoms with Crippen molar-refractivity contribution >= 4 is 47.6 Å². The first kappa shape index (κ1) is 28.1. The molecule has 37 heavy (non-hydrogen) atoms. The van der Waals surface area contributed by atoms with Gasteiger partial charge >= 0.3 is 7.60 Å². The number of aliphatic hydroxyl groups is 4. The number of benzene rings is 1. The fraction of sp³-hybridized carbons (Fsp3) is 0.450. The number of aliphatic hydroxyl groups excluding tert-OH is 4. The minimum absolute atomic E-state index is 0.127. The van der Waals surface area contributed by atoms with E-state index in [4.69, 9.17) is 32.7 Å². The summed E-state index contributed by atoms with van der Waals surface area (Å²) in [4.78, 5) is 27.3. The molecule has 14 nitrogen and oxygen atoms in total. The van der Waals surface area contributed by atoms with E-state index in [0.717, 1.165) is 5.56 Å². The van der Waals surface area contributed by atoms with Crippen LogP contribution in [0, 0.1) is 0 Å². The van der Waals surface area contributed by atoms with Gasteiger partial charge in [-0.15, -0.1) is 0 Å². The number of nitrogens with one attached hydrogen (secondary N) is 1. The minimum atomic E-state index is -5.12. The fourth-order valence-corrected chi connectivity index (χ4v) is 4.63. The smallest absolute Gasteiger partial charge is 0.361 e. The molecule has 0 amide bonds. The van der Waals surface area contributed by atoms with E-state index in [2.05, 4.69) is 20.4 Å².